The summed E-state index contributed by atoms with van der Waals surface area (Å²) in [7, 11) is 0. The van der Waals surface area contributed by atoms with Crippen LogP contribution in [0, 0.1) is 11.3 Å². The monoisotopic (exact) mass is 540 g/mol. The van der Waals surface area contributed by atoms with Crippen molar-refractivity contribution in [3.05, 3.63) is 87.8 Å². The second-order valence-corrected chi connectivity index (χ2v) is 8.28. The van der Waals surface area contributed by atoms with E-state index in [2.05, 4.69) is 31.5 Å². The van der Waals surface area contributed by atoms with Gasteiger partial charge in [0.15, 0.2) is 0 Å². The first-order chi connectivity index (χ1) is 16.5. The molecule has 0 atom stereocenters. The van der Waals surface area contributed by atoms with Crippen molar-refractivity contribution in [1.82, 2.24) is 4.98 Å². The number of amides is 1. The number of halogens is 2. The van der Waals surface area contributed by atoms with E-state index in [-0.39, 0.29) is 12.2 Å². The molecule has 0 spiro atoms. The number of carbonyl (C=O) groups is 1. The van der Waals surface area contributed by atoms with Gasteiger partial charge in [-0.25, -0.2) is 0 Å². The van der Waals surface area contributed by atoms with Gasteiger partial charge in [0.05, 0.1) is 21.8 Å². The highest BCUT2D eigenvalue weighted by molar-refractivity contribution is 9.10. The quantitative estimate of drug-likeness (QED) is 0.230. The number of nitrogens with zero attached hydrogens (tertiary/aromatic N) is 2. The van der Waals surface area contributed by atoms with E-state index in [9.17, 15) is 10.1 Å². The van der Waals surface area contributed by atoms with E-state index in [0.29, 0.717) is 34.5 Å². The van der Waals surface area contributed by atoms with Crippen LogP contribution in [-0.2, 0) is 11.4 Å². The van der Waals surface area contributed by atoms with Crippen molar-refractivity contribution < 1.29 is 14.3 Å². The number of hydrogen-bond donors (Lipinski definition) is 2. The fourth-order valence-corrected chi connectivity index (χ4v) is 3.35. The number of hydrogen-bond acceptors (Lipinski definition) is 6. The van der Waals surface area contributed by atoms with Crippen molar-refractivity contribution in [1.29, 1.82) is 5.26 Å². The molecule has 3 rings (SSSR count). The van der Waals surface area contributed by atoms with Crippen molar-refractivity contribution >= 4 is 44.8 Å². The molecular formula is C25H22BrClN4O3. The van der Waals surface area contributed by atoms with Crippen LogP contribution in [0.1, 0.15) is 19.0 Å². The van der Waals surface area contributed by atoms with E-state index in [4.69, 9.17) is 21.1 Å². The Balaban J connectivity index is 1.62. The van der Waals surface area contributed by atoms with Gasteiger partial charge in [-0.2, -0.15) is 5.26 Å². The summed E-state index contributed by atoms with van der Waals surface area (Å²) < 4.78 is 12.2. The predicted octanol–water partition coefficient (Wildman–Crippen LogP) is 6.32. The number of aromatic nitrogens is 1. The minimum absolute atomic E-state index is 0.106. The Bertz CT molecular complexity index is 1210. The first-order valence-electron chi connectivity index (χ1n) is 10.4. The third kappa shape index (κ3) is 7.24. The lowest BCUT2D eigenvalue weighted by Gasteiger charge is -2.11. The summed E-state index contributed by atoms with van der Waals surface area (Å²) in [5.41, 5.74) is 1.76. The minimum Gasteiger partial charge on any atom is -0.492 e. The van der Waals surface area contributed by atoms with E-state index < -0.39 is 5.91 Å². The summed E-state index contributed by atoms with van der Waals surface area (Å²) in [6.07, 6.45) is 3.90. The van der Waals surface area contributed by atoms with Crippen LogP contribution in [0.2, 0.25) is 5.02 Å². The Kier molecular flexibility index (Phi) is 9.32. The molecule has 0 aliphatic carbocycles. The molecule has 1 heterocycles. The van der Waals surface area contributed by atoms with Gasteiger partial charge in [0, 0.05) is 29.8 Å². The standard InChI is InChI=1S/C25H22BrClN4O3/c1-2-11-33-24-13-18(6-8-21(24)26)30-15-17(14-28)25(32)31-19-7-9-23(22(27)12-19)34-16-20-5-3-4-10-29-20/h3-10,12-13,15,30H,2,11,16H2,1H3,(H,31,32)/b17-15+. The fraction of sp³-hybridized carbons (Fsp3) is 0.160. The Labute approximate surface area is 211 Å². The molecule has 174 valence electrons. The number of anilines is 2. The van der Waals surface area contributed by atoms with Crippen molar-refractivity contribution in [2.75, 3.05) is 17.2 Å². The molecule has 2 aromatic carbocycles. The number of nitrogens with one attached hydrogen (secondary N) is 2. The predicted molar refractivity (Wildman–Crippen MR) is 136 cm³/mol. The zero-order valence-corrected chi connectivity index (χ0v) is 20.7. The van der Waals surface area contributed by atoms with Gasteiger partial charge < -0.3 is 20.1 Å². The van der Waals surface area contributed by atoms with Gasteiger partial charge in [-0.1, -0.05) is 24.6 Å². The van der Waals surface area contributed by atoms with Crippen LogP contribution in [-0.4, -0.2) is 17.5 Å². The zero-order chi connectivity index (χ0) is 24.3. The number of rotatable bonds is 10. The average Bonchev–Trinajstić information content (AvgIpc) is 2.84. The Hall–Kier alpha value is -3.54. The highest BCUT2D eigenvalue weighted by Crippen LogP contribution is 2.29. The van der Waals surface area contributed by atoms with Crippen LogP contribution in [0.25, 0.3) is 0 Å². The molecule has 0 radical (unpaired) electrons. The average molecular weight is 542 g/mol. The van der Waals surface area contributed by atoms with Crippen LogP contribution in [0.4, 0.5) is 11.4 Å². The molecule has 1 aromatic heterocycles. The normalized spacial score (nSPS) is 10.8. The maximum atomic E-state index is 12.6. The highest BCUT2D eigenvalue weighted by atomic mass is 79.9. The highest BCUT2D eigenvalue weighted by Gasteiger charge is 2.12. The van der Waals surface area contributed by atoms with E-state index in [1.54, 1.807) is 36.5 Å². The number of nitriles is 1. The molecule has 2 N–H and O–H groups in total. The molecule has 1 amide bonds. The number of carbonyl (C=O) groups excluding carboxylic acids is 1. The Morgan fingerprint density at radius 1 is 1.15 bits per heavy atom. The maximum absolute atomic E-state index is 12.6. The lowest BCUT2D eigenvalue weighted by molar-refractivity contribution is -0.112. The van der Waals surface area contributed by atoms with Gasteiger partial charge in [-0.3, -0.25) is 9.78 Å². The Morgan fingerprint density at radius 2 is 1.97 bits per heavy atom. The van der Waals surface area contributed by atoms with Gasteiger partial charge >= 0.3 is 0 Å². The number of ether oxygens (including phenoxy) is 2. The largest absolute Gasteiger partial charge is 0.492 e. The second-order valence-electron chi connectivity index (χ2n) is 7.02. The van der Waals surface area contributed by atoms with E-state index in [0.717, 1.165) is 16.6 Å². The first-order valence-corrected chi connectivity index (χ1v) is 11.6. The molecule has 0 saturated carbocycles. The Morgan fingerprint density at radius 3 is 2.68 bits per heavy atom. The van der Waals surface area contributed by atoms with Crippen LogP contribution in [0.3, 0.4) is 0 Å². The summed E-state index contributed by atoms with van der Waals surface area (Å²) in [4.78, 5) is 16.8. The molecule has 0 saturated heterocycles. The molecule has 0 unspecified atom stereocenters. The molecule has 34 heavy (non-hydrogen) atoms. The van der Waals surface area contributed by atoms with Crippen molar-refractivity contribution in [3.63, 3.8) is 0 Å². The van der Waals surface area contributed by atoms with E-state index >= 15 is 0 Å². The first kappa shape index (κ1) is 25.1. The van der Waals surface area contributed by atoms with Crippen LogP contribution < -0.4 is 20.1 Å². The maximum Gasteiger partial charge on any atom is 0.267 e. The third-order valence-corrected chi connectivity index (χ3v) is 5.38. The summed E-state index contributed by atoms with van der Waals surface area (Å²) in [6, 6.07) is 17.7. The number of benzene rings is 2. The lowest BCUT2D eigenvalue weighted by atomic mass is 10.2. The van der Waals surface area contributed by atoms with Gasteiger partial charge in [-0.15, -0.1) is 0 Å². The summed E-state index contributed by atoms with van der Waals surface area (Å²) in [6.45, 7) is 2.87. The van der Waals surface area contributed by atoms with Gasteiger partial charge in [0.25, 0.3) is 5.91 Å². The molecule has 0 aliphatic rings. The van der Waals surface area contributed by atoms with Crippen molar-refractivity contribution in [2.24, 2.45) is 0 Å². The van der Waals surface area contributed by atoms with E-state index in [1.807, 2.05) is 37.3 Å². The summed E-state index contributed by atoms with van der Waals surface area (Å²) in [5, 5.41) is 15.4. The molecule has 3 aromatic rings. The molecule has 0 fully saturated rings. The zero-order valence-electron chi connectivity index (χ0n) is 18.3. The SMILES string of the molecule is CCCOc1cc(N/C=C(\C#N)C(=O)Nc2ccc(OCc3ccccn3)c(Cl)c2)ccc1Br. The van der Waals surface area contributed by atoms with Crippen molar-refractivity contribution in [3.8, 4) is 17.6 Å². The molecule has 0 bridgehead atoms. The van der Waals surface area contributed by atoms with E-state index in [1.165, 1.54) is 6.20 Å². The van der Waals surface area contributed by atoms with Crippen LogP contribution in [0.5, 0.6) is 11.5 Å². The second kappa shape index (κ2) is 12.6. The fourth-order valence-electron chi connectivity index (χ4n) is 2.75. The summed E-state index contributed by atoms with van der Waals surface area (Å²) >= 11 is 9.73. The topological polar surface area (TPSA) is 96.3 Å². The van der Waals surface area contributed by atoms with Gasteiger partial charge in [-0.05, 0) is 64.8 Å². The van der Waals surface area contributed by atoms with Crippen molar-refractivity contribution in [2.45, 2.75) is 20.0 Å². The molecule has 9 heteroatoms. The minimum atomic E-state index is -0.576. The lowest BCUT2D eigenvalue weighted by Crippen LogP contribution is -2.14. The van der Waals surface area contributed by atoms with Crippen LogP contribution >= 0.6 is 27.5 Å². The molecule has 0 aliphatic heterocycles. The smallest absolute Gasteiger partial charge is 0.267 e. The number of pyridine rings is 1. The van der Waals surface area contributed by atoms with Gasteiger partial charge in [0.2, 0.25) is 0 Å². The third-order valence-electron chi connectivity index (χ3n) is 4.43. The molecular weight excluding hydrogens is 520 g/mol. The summed E-state index contributed by atoms with van der Waals surface area (Å²) in [5.74, 6) is 0.551. The van der Waals surface area contributed by atoms with Crippen LogP contribution in [0.15, 0.2) is 77.0 Å². The molecule has 7 nitrogen and oxygen atoms in total. The van der Waals surface area contributed by atoms with Gasteiger partial charge in [0.1, 0.15) is 29.7 Å².